The molecule has 0 aliphatic rings. The van der Waals surface area contributed by atoms with Crippen LogP contribution in [0.25, 0.3) is 0 Å². The van der Waals surface area contributed by atoms with Crippen LogP contribution in [0.3, 0.4) is 0 Å². The minimum Gasteiger partial charge on any atom is -0.481 e. The lowest BCUT2D eigenvalue weighted by Gasteiger charge is -2.15. The minimum atomic E-state index is -0.745. The fraction of sp³-hybridized carbons (Fsp3) is 0.700. The first-order valence-corrected chi connectivity index (χ1v) is 5.40. The van der Waals surface area contributed by atoms with Crippen LogP contribution in [0, 0.1) is 0 Å². The van der Waals surface area contributed by atoms with E-state index < -0.39 is 5.97 Å². The molecule has 0 aromatic carbocycles. The molecule has 1 heterocycles. The van der Waals surface area contributed by atoms with Crippen LogP contribution >= 0.6 is 0 Å². The molecule has 0 saturated carbocycles. The van der Waals surface area contributed by atoms with Gasteiger partial charge in [0.05, 0.1) is 6.54 Å². The van der Waals surface area contributed by atoms with Crippen LogP contribution in [-0.2, 0) is 17.9 Å². The highest BCUT2D eigenvalue weighted by atomic mass is 16.4. The molecule has 1 aromatic rings. The molecule has 0 amide bonds. The zero-order valence-electron chi connectivity index (χ0n) is 9.76. The zero-order valence-corrected chi connectivity index (χ0v) is 9.76. The molecular weight excluding hydrogens is 208 g/mol. The van der Waals surface area contributed by atoms with E-state index in [0.29, 0.717) is 13.0 Å². The smallest absolute Gasteiger partial charge is 0.303 e. The van der Waals surface area contributed by atoms with Crippen molar-refractivity contribution in [2.75, 3.05) is 13.6 Å². The number of hydrogen-bond acceptors (Lipinski definition) is 4. The van der Waals surface area contributed by atoms with Gasteiger partial charge in [0.25, 0.3) is 0 Å². The quantitative estimate of drug-likeness (QED) is 0.737. The molecular formula is C10H18N4O2. The standard InChI is InChI=1S/C10H18N4O2/c1-3-14-9(11-8-12-14)7-13(2)6-4-5-10(15)16/h8H,3-7H2,1-2H3,(H,15,16). The van der Waals surface area contributed by atoms with Crippen LogP contribution < -0.4 is 0 Å². The van der Waals surface area contributed by atoms with E-state index >= 15 is 0 Å². The van der Waals surface area contributed by atoms with Gasteiger partial charge in [-0.05, 0) is 26.9 Å². The SMILES string of the molecule is CCn1ncnc1CN(C)CCCC(=O)O. The normalized spacial score (nSPS) is 10.9. The molecule has 0 unspecified atom stereocenters. The third-order valence-corrected chi connectivity index (χ3v) is 2.34. The van der Waals surface area contributed by atoms with Crippen molar-refractivity contribution in [1.29, 1.82) is 0 Å². The Bertz CT molecular complexity index is 337. The molecule has 0 spiro atoms. The predicted octanol–water partition coefficient (Wildman–Crippen LogP) is 0.595. The second-order valence-electron chi connectivity index (χ2n) is 3.73. The van der Waals surface area contributed by atoms with E-state index in [1.54, 1.807) is 6.33 Å². The second-order valence-corrected chi connectivity index (χ2v) is 3.73. The monoisotopic (exact) mass is 226 g/mol. The summed E-state index contributed by atoms with van der Waals surface area (Å²) in [6.45, 7) is 4.28. The van der Waals surface area contributed by atoms with E-state index in [0.717, 1.165) is 18.9 Å². The van der Waals surface area contributed by atoms with Gasteiger partial charge in [-0.3, -0.25) is 9.69 Å². The number of nitrogens with zero attached hydrogens (tertiary/aromatic N) is 4. The lowest BCUT2D eigenvalue weighted by Crippen LogP contribution is -2.22. The van der Waals surface area contributed by atoms with Crippen LogP contribution in [0.2, 0.25) is 0 Å². The molecule has 0 bridgehead atoms. The molecule has 0 aliphatic carbocycles. The largest absolute Gasteiger partial charge is 0.481 e. The molecule has 0 radical (unpaired) electrons. The topological polar surface area (TPSA) is 71.2 Å². The van der Waals surface area contributed by atoms with Crippen LogP contribution in [0.15, 0.2) is 6.33 Å². The highest BCUT2D eigenvalue weighted by Crippen LogP contribution is 2.01. The van der Waals surface area contributed by atoms with Crippen LogP contribution in [-0.4, -0.2) is 44.3 Å². The Kier molecular flexibility index (Phi) is 4.91. The Morgan fingerprint density at radius 3 is 3.00 bits per heavy atom. The van der Waals surface area contributed by atoms with Gasteiger partial charge >= 0.3 is 5.97 Å². The minimum absolute atomic E-state index is 0.213. The number of aromatic nitrogens is 3. The maximum atomic E-state index is 10.4. The summed E-state index contributed by atoms with van der Waals surface area (Å²) >= 11 is 0. The third kappa shape index (κ3) is 3.98. The first-order chi connectivity index (χ1) is 7.63. The summed E-state index contributed by atoms with van der Waals surface area (Å²) in [7, 11) is 1.95. The van der Waals surface area contributed by atoms with E-state index in [9.17, 15) is 4.79 Å². The number of rotatable bonds is 7. The zero-order chi connectivity index (χ0) is 12.0. The number of aryl methyl sites for hydroxylation is 1. The molecule has 90 valence electrons. The van der Waals surface area contributed by atoms with Crippen molar-refractivity contribution in [2.24, 2.45) is 0 Å². The van der Waals surface area contributed by atoms with Crippen LogP contribution in [0.5, 0.6) is 0 Å². The Balaban J connectivity index is 2.33. The summed E-state index contributed by atoms with van der Waals surface area (Å²) in [6.07, 6.45) is 2.42. The number of carboxylic acids is 1. The van der Waals surface area contributed by atoms with Gasteiger partial charge in [0, 0.05) is 13.0 Å². The van der Waals surface area contributed by atoms with E-state index in [1.165, 1.54) is 0 Å². The van der Waals surface area contributed by atoms with Gasteiger partial charge in [0.2, 0.25) is 0 Å². The third-order valence-electron chi connectivity index (χ3n) is 2.34. The molecule has 1 aromatic heterocycles. The fourth-order valence-corrected chi connectivity index (χ4v) is 1.50. The van der Waals surface area contributed by atoms with Gasteiger partial charge in [0.15, 0.2) is 0 Å². The first kappa shape index (κ1) is 12.6. The average Bonchev–Trinajstić information content (AvgIpc) is 2.64. The molecule has 0 fully saturated rings. The van der Waals surface area contributed by atoms with Crippen molar-refractivity contribution in [3.63, 3.8) is 0 Å². The van der Waals surface area contributed by atoms with E-state index in [-0.39, 0.29) is 6.42 Å². The summed E-state index contributed by atoms with van der Waals surface area (Å²) in [5.74, 6) is 0.172. The Morgan fingerprint density at radius 1 is 1.62 bits per heavy atom. The van der Waals surface area contributed by atoms with Gasteiger partial charge in [-0.2, -0.15) is 5.10 Å². The highest BCUT2D eigenvalue weighted by molar-refractivity contribution is 5.66. The highest BCUT2D eigenvalue weighted by Gasteiger charge is 2.07. The van der Waals surface area contributed by atoms with E-state index in [1.807, 2.05) is 18.7 Å². The lowest BCUT2D eigenvalue weighted by molar-refractivity contribution is -0.137. The van der Waals surface area contributed by atoms with E-state index in [4.69, 9.17) is 5.11 Å². The molecule has 0 saturated heterocycles. The first-order valence-electron chi connectivity index (χ1n) is 5.40. The number of aliphatic carboxylic acids is 1. The molecule has 6 nitrogen and oxygen atoms in total. The molecule has 0 atom stereocenters. The Hall–Kier alpha value is -1.43. The van der Waals surface area contributed by atoms with Gasteiger partial charge in [0.1, 0.15) is 12.2 Å². The van der Waals surface area contributed by atoms with Gasteiger partial charge < -0.3 is 5.11 Å². The summed E-state index contributed by atoms with van der Waals surface area (Å²) in [5, 5.41) is 12.6. The molecule has 1 N–H and O–H groups in total. The summed E-state index contributed by atoms with van der Waals surface area (Å²) < 4.78 is 1.84. The maximum absolute atomic E-state index is 10.4. The average molecular weight is 226 g/mol. The number of carboxylic acid groups (broad SMARTS) is 1. The fourth-order valence-electron chi connectivity index (χ4n) is 1.50. The Labute approximate surface area is 94.9 Å². The predicted molar refractivity (Wildman–Crippen MR) is 58.9 cm³/mol. The van der Waals surface area contributed by atoms with Crippen molar-refractivity contribution in [2.45, 2.75) is 32.9 Å². The van der Waals surface area contributed by atoms with Gasteiger partial charge in [-0.1, -0.05) is 0 Å². The van der Waals surface area contributed by atoms with Gasteiger partial charge in [-0.25, -0.2) is 9.67 Å². The summed E-state index contributed by atoms with van der Waals surface area (Å²) in [4.78, 5) is 16.6. The van der Waals surface area contributed by atoms with Crippen molar-refractivity contribution >= 4 is 5.97 Å². The van der Waals surface area contributed by atoms with Crippen molar-refractivity contribution in [1.82, 2.24) is 19.7 Å². The Morgan fingerprint density at radius 2 is 2.38 bits per heavy atom. The second kappa shape index (κ2) is 6.22. The van der Waals surface area contributed by atoms with Crippen LogP contribution in [0.4, 0.5) is 0 Å². The van der Waals surface area contributed by atoms with Crippen molar-refractivity contribution in [3.05, 3.63) is 12.2 Å². The summed E-state index contributed by atoms with van der Waals surface area (Å²) in [6, 6.07) is 0. The molecule has 6 heteroatoms. The van der Waals surface area contributed by atoms with Crippen LogP contribution in [0.1, 0.15) is 25.6 Å². The number of hydrogen-bond donors (Lipinski definition) is 1. The van der Waals surface area contributed by atoms with Crippen molar-refractivity contribution in [3.8, 4) is 0 Å². The van der Waals surface area contributed by atoms with Crippen molar-refractivity contribution < 1.29 is 9.90 Å². The van der Waals surface area contributed by atoms with E-state index in [2.05, 4.69) is 15.0 Å². The lowest BCUT2D eigenvalue weighted by atomic mass is 10.3. The number of carbonyl (C=O) groups is 1. The molecule has 1 rings (SSSR count). The van der Waals surface area contributed by atoms with Gasteiger partial charge in [-0.15, -0.1) is 0 Å². The molecule has 0 aliphatic heterocycles. The summed E-state index contributed by atoms with van der Waals surface area (Å²) in [5.41, 5.74) is 0. The molecule has 16 heavy (non-hydrogen) atoms. The maximum Gasteiger partial charge on any atom is 0.303 e.